The monoisotopic (exact) mass is 297 g/mol. The van der Waals surface area contributed by atoms with Gasteiger partial charge in [0.25, 0.3) is 0 Å². The molecule has 1 fully saturated rings. The van der Waals surface area contributed by atoms with Crippen LogP contribution in [-0.4, -0.2) is 41.6 Å². The fraction of sp³-hybridized carbons (Fsp3) is 0.875. The van der Waals surface area contributed by atoms with Crippen LogP contribution in [0.3, 0.4) is 0 Å². The van der Waals surface area contributed by atoms with Gasteiger partial charge < -0.3 is 15.4 Å². The van der Waals surface area contributed by atoms with Gasteiger partial charge in [-0.15, -0.1) is 0 Å². The van der Waals surface area contributed by atoms with Crippen LogP contribution in [0.2, 0.25) is 0 Å². The number of carbonyl (C=O) groups excluding carboxylic acids is 1. The molecule has 0 bridgehead atoms. The van der Waals surface area contributed by atoms with Gasteiger partial charge in [0.05, 0.1) is 12.0 Å². The number of hydrogen-bond donors (Lipinski definition) is 1. The fourth-order valence-corrected chi connectivity index (χ4v) is 2.64. The summed E-state index contributed by atoms with van der Waals surface area (Å²) in [6, 6.07) is 0.240. The second-order valence-corrected chi connectivity index (χ2v) is 6.70. The molecule has 1 saturated carbocycles. The van der Waals surface area contributed by atoms with E-state index in [0.717, 1.165) is 38.8 Å². The lowest BCUT2D eigenvalue weighted by Gasteiger charge is -2.29. The molecule has 1 aliphatic rings. The molecule has 5 heteroatoms. The Hall–Kier alpha value is -1.26. The van der Waals surface area contributed by atoms with E-state index in [1.165, 1.54) is 0 Å². The number of esters is 1. The first-order valence-corrected chi connectivity index (χ1v) is 8.07. The third-order valence-corrected chi connectivity index (χ3v) is 3.84. The van der Waals surface area contributed by atoms with Gasteiger partial charge >= 0.3 is 5.97 Å². The Morgan fingerprint density at radius 3 is 2.14 bits per heavy atom. The van der Waals surface area contributed by atoms with E-state index in [0.29, 0.717) is 5.96 Å². The molecule has 0 aromatic carbocycles. The summed E-state index contributed by atoms with van der Waals surface area (Å²) in [6.07, 6.45) is 3.50. The molecule has 0 radical (unpaired) electrons. The number of rotatable bonds is 4. The van der Waals surface area contributed by atoms with Crippen molar-refractivity contribution in [3.8, 4) is 0 Å². The minimum absolute atomic E-state index is 0.0188. The lowest BCUT2D eigenvalue weighted by atomic mass is 9.86. The maximum Gasteiger partial charge on any atom is 0.309 e. The quantitative estimate of drug-likeness (QED) is 0.492. The van der Waals surface area contributed by atoms with E-state index in [4.69, 9.17) is 10.5 Å². The zero-order valence-electron chi connectivity index (χ0n) is 14.2. The highest BCUT2D eigenvalue weighted by Gasteiger charge is 2.30. The normalized spacial score (nSPS) is 23.8. The molecule has 2 N–H and O–H groups in total. The van der Waals surface area contributed by atoms with Crippen LogP contribution < -0.4 is 5.73 Å². The molecule has 0 unspecified atom stereocenters. The first-order valence-electron chi connectivity index (χ1n) is 8.07. The standard InChI is InChI=1S/C16H31N3O2/c1-6-19(7-2)15(17)18-13-10-8-12(9-11-13)14(20)21-16(3,4)5/h12-13H,6-11H2,1-5H3,(H2,17,18). The van der Waals surface area contributed by atoms with Crippen molar-refractivity contribution >= 4 is 11.9 Å². The van der Waals surface area contributed by atoms with Crippen molar-refractivity contribution in [2.45, 2.75) is 71.9 Å². The number of hydrogen-bond acceptors (Lipinski definition) is 3. The van der Waals surface area contributed by atoms with E-state index in [-0.39, 0.29) is 17.9 Å². The molecule has 0 amide bonds. The van der Waals surface area contributed by atoms with Crippen LogP contribution in [0.4, 0.5) is 0 Å². The number of nitrogens with two attached hydrogens (primary N) is 1. The van der Waals surface area contributed by atoms with Crippen molar-refractivity contribution in [2.24, 2.45) is 16.6 Å². The molecule has 122 valence electrons. The van der Waals surface area contributed by atoms with Crippen LogP contribution in [0.15, 0.2) is 4.99 Å². The molecule has 1 rings (SSSR count). The molecule has 0 aliphatic heterocycles. The Kier molecular flexibility index (Phi) is 6.49. The van der Waals surface area contributed by atoms with Crippen molar-refractivity contribution in [3.63, 3.8) is 0 Å². The van der Waals surface area contributed by atoms with Gasteiger partial charge in [-0.3, -0.25) is 4.79 Å². The van der Waals surface area contributed by atoms with Gasteiger partial charge in [-0.25, -0.2) is 4.99 Å². The van der Waals surface area contributed by atoms with Gasteiger partial charge in [0.1, 0.15) is 5.60 Å². The van der Waals surface area contributed by atoms with E-state index in [9.17, 15) is 4.79 Å². The highest BCUT2D eigenvalue weighted by atomic mass is 16.6. The van der Waals surface area contributed by atoms with Gasteiger partial charge in [0.15, 0.2) is 5.96 Å². The first-order chi connectivity index (χ1) is 9.76. The molecular formula is C16H31N3O2. The summed E-state index contributed by atoms with van der Waals surface area (Å²) in [5.41, 5.74) is 5.63. The predicted octanol–water partition coefficient (Wildman–Crippen LogP) is 2.54. The van der Waals surface area contributed by atoms with Crippen LogP contribution in [0.25, 0.3) is 0 Å². The van der Waals surface area contributed by atoms with Gasteiger partial charge in [-0.2, -0.15) is 0 Å². The molecule has 0 saturated heterocycles. The minimum Gasteiger partial charge on any atom is -0.460 e. The molecule has 5 nitrogen and oxygen atoms in total. The van der Waals surface area contributed by atoms with Gasteiger partial charge in [0.2, 0.25) is 0 Å². The Balaban J connectivity index is 2.49. The number of ether oxygens (including phenoxy) is 1. The van der Waals surface area contributed by atoms with E-state index >= 15 is 0 Å². The number of carbonyl (C=O) groups is 1. The smallest absolute Gasteiger partial charge is 0.309 e. The van der Waals surface area contributed by atoms with E-state index in [1.54, 1.807) is 0 Å². The maximum absolute atomic E-state index is 12.1. The fourth-order valence-electron chi connectivity index (χ4n) is 2.64. The molecule has 1 aliphatic carbocycles. The molecule has 0 heterocycles. The number of aliphatic imine (C=N–C) groups is 1. The Labute approximate surface area is 128 Å². The molecule has 21 heavy (non-hydrogen) atoms. The molecule has 0 aromatic heterocycles. The van der Waals surface area contributed by atoms with Crippen LogP contribution in [0.1, 0.15) is 60.3 Å². The van der Waals surface area contributed by atoms with E-state index in [1.807, 2.05) is 20.8 Å². The second-order valence-electron chi connectivity index (χ2n) is 6.70. The Morgan fingerprint density at radius 1 is 1.19 bits per heavy atom. The molecule has 0 aromatic rings. The summed E-state index contributed by atoms with van der Waals surface area (Å²) in [6.45, 7) is 11.6. The van der Waals surface area contributed by atoms with E-state index < -0.39 is 5.60 Å². The van der Waals surface area contributed by atoms with E-state index in [2.05, 4.69) is 23.7 Å². The largest absolute Gasteiger partial charge is 0.460 e. The summed E-state index contributed by atoms with van der Waals surface area (Å²) in [5, 5.41) is 0. The zero-order valence-corrected chi connectivity index (χ0v) is 14.2. The van der Waals surface area contributed by atoms with Crippen molar-refractivity contribution in [3.05, 3.63) is 0 Å². The molecule has 0 atom stereocenters. The summed E-state index contributed by atoms with van der Waals surface area (Å²) in [7, 11) is 0. The lowest BCUT2D eigenvalue weighted by molar-refractivity contribution is -0.161. The van der Waals surface area contributed by atoms with Crippen LogP contribution in [0.5, 0.6) is 0 Å². The predicted molar refractivity (Wildman–Crippen MR) is 86.1 cm³/mol. The van der Waals surface area contributed by atoms with Crippen molar-refractivity contribution < 1.29 is 9.53 Å². The Bertz CT molecular complexity index is 362. The summed E-state index contributed by atoms with van der Waals surface area (Å²) < 4.78 is 5.46. The second kappa shape index (κ2) is 7.66. The SMILES string of the molecule is CCN(CC)C(N)=NC1CCC(C(=O)OC(C)(C)C)CC1. The Morgan fingerprint density at radius 2 is 1.71 bits per heavy atom. The minimum atomic E-state index is -0.404. The van der Waals surface area contributed by atoms with Gasteiger partial charge in [-0.1, -0.05) is 0 Å². The maximum atomic E-state index is 12.1. The van der Waals surface area contributed by atoms with Crippen molar-refractivity contribution in [1.82, 2.24) is 4.90 Å². The van der Waals surface area contributed by atoms with Crippen molar-refractivity contribution in [1.29, 1.82) is 0 Å². The summed E-state index contributed by atoms with van der Waals surface area (Å²) >= 11 is 0. The topological polar surface area (TPSA) is 67.9 Å². The van der Waals surface area contributed by atoms with Gasteiger partial charge in [-0.05, 0) is 60.3 Å². The van der Waals surface area contributed by atoms with Crippen LogP contribution >= 0.6 is 0 Å². The summed E-state index contributed by atoms with van der Waals surface area (Å²) in [5.74, 6) is 0.577. The average Bonchev–Trinajstić information content (AvgIpc) is 2.39. The third kappa shape index (κ3) is 5.94. The number of guanidine groups is 1. The van der Waals surface area contributed by atoms with Crippen LogP contribution in [-0.2, 0) is 9.53 Å². The highest BCUT2D eigenvalue weighted by Crippen LogP contribution is 2.28. The summed E-state index contributed by atoms with van der Waals surface area (Å²) in [4.78, 5) is 18.7. The lowest BCUT2D eigenvalue weighted by Crippen LogP contribution is -2.38. The highest BCUT2D eigenvalue weighted by molar-refractivity contribution is 5.78. The van der Waals surface area contributed by atoms with Crippen molar-refractivity contribution in [2.75, 3.05) is 13.1 Å². The first kappa shape index (κ1) is 17.8. The zero-order chi connectivity index (χ0) is 16.0. The number of nitrogens with zero attached hydrogens (tertiary/aromatic N) is 2. The third-order valence-electron chi connectivity index (χ3n) is 3.84. The van der Waals surface area contributed by atoms with Gasteiger partial charge in [0, 0.05) is 13.1 Å². The average molecular weight is 297 g/mol. The molecular weight excluding hydrogens is 266 g/mol. The van der Waals surface area contributed by atoms with Crippen LogP contribution in [0, 0.1) is 5.92 Å². The molecule has 0 spiro atoms.